The van der Waals surface area contributed by atoms with E-state index in [-0.39, 0.29) is 11.9 Å². The van der Waals surface area contributed by atoms with Crippen LogP contribution in [-0.4, -0.2) is 32.1 Å². The molecule has 1 aliphatic carbocycles. The normalized spacial score (nSPS) is 14.6. The average Bonchev–Trinajstić information content (AvgIpc) is 3.26. The number of hydrogen-bond donors (Lipinski definition) is 0. The highest BCUT2D eigenvalue weighted by Gasteiger charge is 2.32. The van der Waals surface area contributed by atoms with E-state index in [1.54, 1.807) is 33.5 Å². The Morgan fingerprint density at radius 2 is 1.59 bits per heavy atom. The molecule has 0 saturated carbocycles. The molecule has 0 heterocycles. The van der Waals surface area contributed by atoms with Crippen LogP contribution in [0.2, 0.25) is 0 Å². The Morgan fingerprint density at radius 1 is 0.938 bits per heavy atom. The number of benzene rings is 3. The molecule has 32 heavy (non-hydrogen) atoms. The summed E-state index contributed by atoms with van der Waals surface area (Å²) in [6, 6.07) is 20.2. The van der Waals surface area contributed by atoms with E-state index in [1.165, 1.54) is 16.7 Å². The van der Waals surface area contributed by atoms with Gasteiger partial charge in [0.15, 0.2) is 11.5 Å². The van der Waals surface area contributed by atoms with Gasteiger partial charge in [-0.15, -0.1) is 0 Å². The van der Waals surface area contributed by atoms with Crippen LogP contribution in [0.25, 0.3) is 0 Å². The molecule has 1 amide bonds. The molecule has 1 unspecified atom stereocenters. The zero-order chi connectivity index (χ0) is 22.7. The minimum absolute atomic E-state index is 0.0131. The molecule has 0 radical (unpaired) electrons. The smallest absolute Gasteiger partial charge is 0.254 e. The van der Waals surface area contributed by atoms with Crippen LogP contribution < -0.4 is 14.2 Å². The molecule has 3 aromatic carbocycles. The Hall–Kier alpha value is -3.47. The van der Waals surface area contributed by atoms with Gasteiger partial charge in [-0.05, 0) is 48.6 Å². The molecule has 5 nitrogen and oxygen atoms in total. The number of fused-ring (bicyclic) bond motifs is 1. The first kappa shape index (κ1) is 21.8. The molecule has 166 valence electrons. The van der Waals surface area contributed by atoms with Gasteiger partial charge in [0.25, 0.3) is 5.91 Å². The van der Waals surface area contributed by atoms with Crippen molar-refractivity contribution < 1.29 is 19.0 Å². The van der Waals surface area contributed by atoms with Crippen LogP contribution in [-0.2, 0) is 13.0 Å². The van der Waals surface area contributed by atoms with Gasteiger partial charge in [0.2, 0.25) is 5.75 Å². The summed E-state index contributed by atoms with van der Waals surface area (Å²) in [5.41, 5.74) is 5.34. The van der Waals surface area contributed by atoms with Gasteiger partial charge in [0.1, 0.15) is 0 Å². The number of nitrogens with zero attached hydrogens (tertiary/aromatic N) is 1. The van der Waals surface area contributed by atoms with E-state index in [2.05, 4.69) is 49.4 Å². The van der Waals surface area contributed by atoms with Crippen molar-refractivity contribution in [2.75, 3.05) is 21.3 Å². The van der Waals surface area contributed by atoms with Crippen molar-refractivity contribution in [3.05, 3.63) is 88.5 Å². The SMILES string of the molecule is COc1cc(C(=O)N(Cc2ccc(C)cc2)C2CCc3ccccc32)cc(OC)c1OC. The summed E-state index contributed by atoms with van der Waals surface area (Å²) < 4.78 is 16.4. The highest BCUT2D eigenvalue weighted by atomic mass is 16.5. The van der Waals surface area contributed by atoms with E-state index >= 15 is 0 Å². The van der Waals surface area contributed by atoms with Crippen LogP contribution in [0.5, 0.6) is 17.2 Å². The number of aryl methyl sites for hydroxylation is 2. The Kier molecular flexibility index (Phi) is 6.35. The molecule has 0 fully saturated rings. The lowest BCUT2D eigenvalue weighted by Gasteiger charge is -2.30. The summed E-state index contributed by atoms with van der Waals surface area (Å²) in [5, 5.41) is 0. The standard InChI is InChI=1S/C27H29NO4/c1-18-9-11-19(12-10-18)17-28(23-14-13-20-7-5-6-8-22(20)23)27(29)21-15-24(30-2)26(32-4)25(16-21)31-3/h5-12,15-16,23H,13-14,17H2,1-4H3. The number of methoxy groups -OCH3 is 3. The first-order chi connectivity index (χ1) is 15.5. The number of rotatable bonds is 7. The van der Waals surface area contributed by atoms with Crippen molar-refractivity contribution >= 4 is 5.91 Å². The van der Waals surface area contributed by atoms with Gasteiger partial charge in [-0.2, -0.15) is 0 Å². The number of ether oxygens (including phenoxy) is 3. The van der Waals surface area contributed by atoms with E-state index in [0.29, 0.717) is 29.4 Å². The highest BCUT2D eigenvalue weighted by Crippen LogP contribution is 2.41. The fourth-order valence-corrected chi connectivity index (χ4v) is 4.44. The van der Waals surface area contributed by atoms with Crippen LogP contribution in [0, 0.1) is 6.92 Å². The predicted molar refractivity (Wildman–Crippen MR) is 125 cm³/mol. The molecule has 0 spiro atoms. The molecule has 0 aromatic heterocycles. The maximum Gasteiger partial charge on any atom is 0.254 e. The summed E-state index contributed by atoms with van der Waals surface area (Å²) in [5.74, 6) is 1.35. The minimum atomic E-state index is -0.0634. The minimum Gasteiger partial charge on any atom is -0.493 e. The second-order valence-corrected chi connectivity index (χ2v) is 8.09. The molecule has 0 bridgehead atoms. The molecule has 1 atom stereocenters. The third-order valence-corrected chi connectivity index (χ3v) is 6.12. The lowest BCUT2D eigenvalue weighted by Crippen LogP contribution is -2.33. The molecule has 0 N–H and O–H groups in total. The van der Waals surface area contributed by atoms with Crippen molar-refractivity contribution in [3.63, 3.8) is 0 Å². The van der Waals surface area contributed by atoms with Crippen LogP contribution >= 0.6 is 0 Å². The molecule has 0 saturated heterocycles. The molecule has 1 aliphatic rings. The molecular formula is C27H29NO4. The largest absolute Gasteiger partial charge is 0.493 e. The predicted octanol–water partition coefficient (Wildman–Crippen LogP) is 5.35. The summed E-state index contributed by atoms with van der Waals surface area (Å²) >= 11 is 0. The van der Waals surface area contributed by atoms with Gasteiger partial charge in [0.05, 0.1) is 27.4 Å². The third kappa shape index (κ3) is 4.15. The quantitative estimate of drug-likeness (QED) is 0.506. The summed E-state index contributed by atoms with van der Waals surface area (Å²) in [7, 11) is 4.67. The maximum absolute atomic E-state index is 13.9. The summed E-state index contributed by atoms with van der Waals surface area (Å²) in [4.78, 5) is 15.9. The summed E-state index contributed by atoms with van der Waals surface area (Å²) in [6.07, 6.45) is 1.87. The zero-order valence-electron chi connectivity index (χ0n) is 19.1. The number of hydrogen-bond acceptors (Lipinski definition) is 4. The van der Waals surface area contributed by atoms with Crippen LogP contribution in [0.1, 0.15) is 45.1 Å². The molecule has 0 aliphatic heterocycles. The van der Waals surface area contributed by atoms with E-state index in [1.807, 2.05) is 11.0 Å². The van der Waals surface area contributed by atoms with E-state index in [0.717, 1.165) is 18.4 Å². The molecule has 3 aromatic rings. The van der Waals surface area contributed by atoms with Crippen molar-refractivity contribution in [2.45, 2.75) is 32.4 Å². The topological polar surface area (TPSA) is 48.0 Å². The third-order valence-electron chi connectivity index (χ3n) is 6.12. The lowest BCUT2D eigenvalue weighted by atomic mass is 10.0. The van der Waals surface area contributed by atoms with E-state index in [9.17, 15) is 4.79 Å². The van der Waals surface area contributed by atoms with Crippen molar-refractivity contribution in [2.24, 2.45) is 0 Å². The second kappa shape index (κ2) is 9.35. The van der Waals surface area contributed by atoms with Crippen LogP contribution in [0.4, 0.5) is 0 Å². The molecular weight excluding hydrogens is 402 g/mol. The van der Waals surface area contributed by atoms with Crippen molar-refractivity contribution in [1.82, 2.24) is 4.90 Å². The average molecular weight is 432 g/mol. The van der Waals surface area contributed by atoms with Crippen molar-refractivity contribution in [3.8, 4) is 17.2 Å². The first-order valence-corrected chi connectivity index (χ1v) is 10.8. The number of carbonyl (C=O) groups excluding carboxylic acids is 1. The van der Waals surface area contributed by atoms with Gasteiger partial charge in [-0.25, -0.2) is 0 Å². The Bertz CT molecular complexity index is 1080. The fourth-order valence-electron chi connectivity index (χ4n) is 4.44. The fraction of sp³-hybridized carbons (Fsp3) is 0.296. The number of amides is 1. The molecule has 5 heteroatoms. The first-order valence-electron chi connectivity index (χ1n) is 10.8. The van der Waals surface area contributed by atoms with Crippen molar-refractivity contribution in [1.29, 1.82) is 0 Å². The second-order valence-electron chi connectivity index (χ2n) is 8.09. The monoisotopic (exact) mass is 431 g/mol. The van der Waals surface area contributed by atoms with Gasteiger partial charge in [-0.1, -0.05) is 54.1 Å². The van der Waals surface area contributed by atoms with Crippen LogP contribution in [0.15, 0.2) is 60.7 Å². The highest BCUT2D eigenvalue weighted by molar-refractivity contribution is 5.96. The Morgan fingerprint density at radius 3 is 2.22 bits per heavy atom. The molecule has 4 rings (SSSR count). The summed E-state index contributed by atoms with van der Waals surface area (Å²) in [6.45, 7) is 2.59. The van der Waals surface area contributed by atoms with Gasteiger partial charge < -0.3 is 19.1 Å². The Balaban J connectivity index is 1.76. The van der Waals surface area contributed by atoms with Gasteiger partial charge in [-0.3, -0.25) is 4.79 Å². The Labute approximate surface area is 189 Å². The zero-order valence-corrected chi connectivity index (χ0v) is 19.1. The van der Waals surface area contributed by atoms with Gasteiger partial charge >= 0.3 is 0 Å². The lowest BCUT2D eigenvalue weighted by molar-refractivity contribution is 0.0657. The maximum atomic E-state index is 13.9. The van der Waals surface area contributed by atoms with Crippen LogP contribution in [0.3, 0.4) is 0 Å². The van der Waals surface area contributed by atoms with E-state index in [4.69, 9.17) is 14.2 Å². The number of carbonyl (C=O) groups is 1. The van der Waals surface area contributed by atoms with E-state index < -0.39 is 0 Å². The van der Waals surface area contributed by atoms with Gasteiger partial charge in [0, 0.05) is 12.1 Å².